The average Bonchev–Trinajstić information content (AvgIpc) is 3.11. The second-order valence-electron chi connectivity index (χ2n) is 8.48. The van der Waals surface area contributed by atoms with Crippen LogP contribution in [0.25, 0.3) is 22.2 Å². The van der Waals surface area contributed by atoms with Gasteiger partial charge in [0.2, 0.25) is 0 Å². The number of ether oxygens (including phenoxy) is 1. The summed E-state index contributed by atoms with van der Waals surface area (Å²) in [6.07, 6.45) is 8.28. The molecule has 0 aliphatic heterocycles. The van der Waals surface area contributed by atoms with Gasteiger partial charge in [-0.3, -0.25) is 0 Å². The van der Waals surface area contributed by atoms with Crippen molar-refractivity contribution in [2.24, 2.45) is 4.99 Å². The molecule has 0 N–H and O–H groups in total. The highest BCUT2D eigenvalue weighted by Crippen LogP contribution is 2.44. The summed E-state index contributed by atoms with van der Waals surface area (Å²) in [5, 5.41) is 11.6. The highest BCUT2D eigenvalue weighted by Gasteiger charge is 2.28. The lowest BCUT2D eigenvalue weighted by Crippen LogP contribution is -2.17. The predicted molar refractivity (Wildman–Crippen MR) is 134 cm³/mol. The summed E-state index contributed by atoms with van der Waals surface area (Å²) in [7, 11) is 3.81. The lowest BCUT2D eigenvalue weighted by Gasteiger charge is -2.30. The molecule has 2 heterocycles. The first kappa shape index (κ1) is 21.9. The van der Waals surface area contributed by atoms with Gasteiger partial charge in [0.25, 0.3) is 0 Å². The van der Waals surface area contributed by atoms with Crippen LogP contribution in [0.3, 0.4) is 0 Å². The van der Waals surface area contributed by atoms with Crippen LogP contribution in [0.5, 0.6) is 11.8 Å². The first-order valence-corrected chi connectivity index (χ1v) is 11.5. The molecular weight excluding hydrogens is 448 g/mol. The monoisotopic (exact) mass is 470 g/mol. The number of fused-ring (bicyclic) bond motifs is 1. The third kappa shape index (κ3) is 4.09. The van der Waals surface area contributed by atoms with Gasteiger partial charge in [-0.2, -0.15) is 5.26 Å². The van der Waals surface area contributed by atoms with E-state index < -0.39 is 0 Å². The molecular formula is C26H23ClN6O. The number of aromatic nitrogens is 3. The van der Waals surface area contributed by atoms with Gasteiger partial charge in [-0.1, -0.05) is 17.7 Å². The van der Waals surface area contributed by atoms with E-state index in [1.54, 1.807) is 24.8 Å². The van der Waals surface area contributed by atoms with Gasteiger partial charge in [0.15, 0.2) is 0 Å². The average molecular weight is 471 g/mol. The fourth-order valence-electron chi connectivity index (χ4n) is 4.15. The van der Waals surface area contributed by atoms with E-state index in [-0.39, 0.29) is 6.01 Å². The zero-order chi connectivity index (χ0) is 23.7. The molecule has 0 bridgehead atoms. The third-order valence-corrected chi connectivity index (χ3v) is 6.23. The predicted octanol–water partition coefficient (Wildman–Crippen LogP) is 6.36. The quantitative estimate of drug-likeness (QED) is 0.242. The van der Waals surface area contributed by atoms with Gasteiger partial charge >= 0.3 is 6.01 Å². The molecule has 0 radical (unpaired) electrons. The number of nitrogens with zero attached hydrogens (tertiary/aromatic N) is 6. The van der Waals surface area contributed by atoms with E-state index in [9.17, 15) is 5.26 Å². The molecule has 5 rings (SSSR count). The number of nitriles is 1. The number of hydrogen-bond acceptors (Lipinski definition) is 5. The molecule has 170 valence electrons. The molecule has 1 fully saturated rings. The van der Waals surface area contributed by atoms with Crippen LogP contribution in [-0.2, 0) is 0 Å². The first-order valence-electron chi connectivity index (χ1n) is 11.1. The summed E-state index contributed by atoms with van der Waals surface area (Å²) >= 11 is 6.59. The molecule has 34 heavy (non-hydrogen) atoms. The number of rotatable bonds is 6. The molecule has 0 atom stereocenters. The maximum Gasteiger partial charge on any atom is 0.321 e. The van der Waals surface area contributed by atoms with Crippen molar-refractivity contribution in [1.29, 1.82) is 5.26 Å². The van der Waals surface area contributed by atoms with E-state index in [0.29, 0.717) is 28.1 Å². The molecule has 0 amide bonds. The SMILES string of the molecule is CN(C)/C=N/c1ccc(-c2c(C#N)c3ccc(Oc4ncccn4)cc3n2C2CCC2)cc1Cl. The summed E-state index contributed by atoms with van der Waals surface area (Å²) in [4.78, 5) is 14.6. The van der Waals surface area contributed by atoms with Crippen molar-refractivity contribution >= 4 is 34.5 Å². The van der Waals surface area contributed by atoms with Crippen molar-refractivity contribution in [2.45, 2.75) is 25.3 Å². The van der Waals surface area contributed by atoms with Gasteiger partial charge in [-0.15, -0.1) is 0 Å². The van der Waals surface area contributed by atoms with Crippen molar-refractivity contribution in [2.75, 3.05) is 14.1 Å². The zero-order valence-electron chi connectivity index (χ0n) is 18.9. The van der Waals surface area contributed by atoms with Gasteiger partial charge in [0, 0.05) is 49.5 Å². The molecule has 1 aliphatic carbocycles. The summed E-state index contributed by atoms with van der Waals surface area (Å²) < 4.78 is 8.15. The zero-order valence-corrected chi connectivity index (χ0v) is 19.7. The number of benzene rings is 2. The minimum atomic E-state index is 0.282. The first-order chi connectivity index (χ1) is 16.5. The molecule has 1 saturated carbocycles. The highest BCUT2D eigenvalue weighted by molar-refractivity contribution is 6.33. The third-order valence-electron chi connectivity index (χ3n) is 5.93. The second-order valence-corrected chi connectivity index (χ2v) is 8.88. The fraction of sp³-hybridized carbons (Fsp3) is 0.231. The van der Waals surface area contributed by atoms with Crippen LogP contribution in [-0.4, -0.2) is 39.9 Å². The minimum Gasteiger partial charge on any atom is -0.424 e. The summed E-state index contributed by atoms with van der Waals surface area (Å²) in [6.45, 7) is 0. The van der Waals surface area contributed by atoms with Gasteiger partial charge in [0.1, 0.15) is 11.8 Å². The van der Waals surface area contributed by atoms with Crippen LogP contribution < -0.4 is 4.74 Å². The molecule has 8 heteroatoms. The Morgan fingerprint density at radius 3 is 2.62 bits per heavy atom. The Morgan fingerprint density at radius 2 is 1.97 bits per heavy atom. The lowest BCUT2D eigenvalue weighted by atomic mass is 9.92. The van der Waals surface area contributed by atoms with E-state index in [4.69, 9.17) is 16.3 Å². The maximum absolute atomic E-state index is 10.2. The molecule has 0 spiro atoms. The van der Waals surface area contributed by atoms with Gasteiger partial charge in [-0.25, -0.2) is 15.0 Å². The second kappa shape index (κ2) is 9.16. The standard InChI is InChI=1S/C26H23ClN6O/c1-32(2)16-31-23-10-7-17(13-22(23)27)25-21(15-28)20-9-8-19(34-26-29-11-4-12-30-26)14-24(20)33(25)18-5-3-6-18/h4,7-14,16,18H,3,5-6H2,1-2H3/b31-16+. The number of hydrogen-bond donors (Lipinski definition) is 0. The van der Waals surface area contributed by atoms with E-state index in [2.05, 4.69) is 25.6 Å². The van der Waals surface area contributed by atoms with Crippen molar-refractivity contribution < 1.29 is 4.74 Å². The van der Waals surface area contributed by atoms with Gasteiger partial charge < -0.3 is 14.2 Å². The van der Waals surface area contributed by atoms with E-state index in [0.717, 1.165) is 35.0 Å². The fourth-order valence-corrected chi connectivity index (χ4v) is 4.38. The topological polar surface area (TPSA) is 79.3 Å². The van der Waals surface area contributed by atoms with Crippen LogP contribution in [0.1, 0.15) is 30.9 Å². The van der Waals surface area contributed by atoms with Crippen molar-refractivity contribution in [3.63, 3.8) is 0 Å². The minimum absolute atomic E-state index is 0.282. The molecule has 4 aromatic rings. The number of halogens is 1. The van der Waals surface area contributed by atoms with Crippen LogP contribution in [0.15, 0.2) is 59.9 Å². The molecule has 0 unspecified atom stereocenters. The largest absolute Gasteiger partial charge is 0.424 e. The van der Waals surface area contributed by atoms with Crippen LogP contribution in [0.4, 0.5) is 5.69 Å². The summed E-state index contributed by atoms with van der Waals surface area (Å²) in [6, 6.07) is 16.3. The smallest absolute Gasteiger partial charge is 0.321 e. The van der Waals surface area contributed by atoms with Gasteiger partial charge in [0.05, 0.1) is 33.8 Å². The molecule has 2 aromatic carbocycles. The Hall–Kier alpha value is -3.89. The van der Waals surface area contributed by atoms with Crippen molar-refractivity contribution in [3.8, 4) is 29.1 Å². The maximum atomic E-state index is 10.2. The highest BCUT2D eigenvalue weighted by atomic mass is 35.5. The van der Waals surface area contributed by atoms with Crippen LogP contribution in [0, 0.1) is 11.3 Å². The molecule has 0 saturated heterocycles. The van der Waals surface area contributed by atoms with Crippen molar-refractivity contribution in [1.82, 2.24) is 19.4 Å². The van der Waals surface area contributed by atoms with Gasteiger partial charge in [-0.05, 0) is 49.6 Å². The Morgan fingerprint density at radius 1 is 1.18 bits per heavy atom. The molecule has 7 nitrogen and oxygen atoms in total. The Balaban J connectivity index is 1.65. The molecule has 2 aromatic heterocycles. The Labute approximate surface area is 202 Å². The summed E-state index contributed by atoms with van der Waals surface area (Å²) in [5.41, 5.74) is 4.03. The normalized spacial score (nSPS) is 13.7. The van der Waals surface area contributed by atoms with Crippen LogP contribution in [0.2, 0.25) is 5.02 Å². The number of aliphatic imine (C=N–C) groups is 1. The van der Waals surface area contributed by atoms with Crippen LogP contribution >= 0.6 is 11.6 Å². The molecule has 1 aliphatic rings. The van der Waals surface area contributed by atoms with Crippen molar-refractivity contribution in [3.05, 3.63) is 65.4 Å². The Kier molecular flexibility index (Phi) is 5.91. The Bertz CT molecular complexity index is 1420. The van der Waals surface area contributed by atoms with E-state index in [1.165, 1.54) is 6.42 Å². The lowest BCUT2D eigenvalue weighted by molar-refractivity contribution is 0.324. The summed E-state index contributed by atoms with van der Waals surface area (Å²) in [5.74, 6) is 0.624. The van der Waals surface area contributed by atoms with E-state index in [1.807, 2.05) is 55.4 Å². The van der Waals surface area contributed by atoms with E-state index >= 15 is 0 Å².